The van der Waals surface area contributed by atoms with Crippen molar-refractivity contribution in [3.8, 4) is 0 Å². The van der Waals surface area contributed by atoms with Crippen molar-refractivity contribution in [2.75, 3.05) is 33.3 Å². The van der Waals surface area contributed by atoms with Crippen LogP contribution in [0.1, 0.15) is 37.7 Å². The maximum absolute atomic E-state index is 9.26. The van der Waals surface area contributed by atoms with Gasteiger partial charge in [0.25, 0.3) is 0 Å². The summed E-state index contributed by atoms with van der Waals surface area (Å²) >= 11 is 11.1. The van der Waals surface area contributed by atoms with Gasteiger partial charge in [0.05, 0.1) is 5.71 Å². The number of likely N-dealkylation sites (N-methyl/N-ethyl adjacent to an activating group) is 1. The Kier molecular flexibility index (Phi) is 6.59. The van der Waals surface area contributed by atoms with Crippen LogP contribution in [0.4, 0.5) is 0 Å². The van der Waals surface area contributed by atoms with Gasteiger partial charge in [-0.2, -0.15) is 0 Å². The van der Waals surface area contributed by atoms with E-state index >= 15 is 0 Å². The van der Waals surface area contributed by atoms with Gasteiger partial charge in [-0.25, -0.2) is 0 Å². The fourth-order valence-electron chi connectivity index (χ4n) is 4.80. The molecule has 0 radical (unpaired) electrons. The average Bonchev–Trinajstić information content (AvgIpc) is 3.03. The third-order valence-corrected chi connectivity index (χ3v) is 7.93. The van der Waals surface area contributed by atoms with Crippen molar-refractivity contribution in [2.24, 2.45) is 10.9 Å². The number of halogens is 3. The monoisotopic (exact) mass is 585 g/mol. The van der Waals surface area contributed by atoms with Crippen LogP contribution in [0.15, 0.2) is 53.7 Å². The Labute approximate surface area is 198 Å². The molecule has 1 saturated heterocycles. The van der Waals surface area contributed by atoms with Crippen LogP contribution in [0, 0.1) is 5.92 Å². The largest absolute Gasteiger partial charge is 0.396 e. The number of nitrogens with zero attached hydrogens (tertiary/aromatic N) is 3. The molecule has 156 valence electrons. The van der Waals surface area contributed by atoms with Crippen LogP contribution in [0.3, 0.4) is 0 Å². The Bertz CT molecular complexity index is 878. The van der Waals surface area contributed by atoms with E-state index in [0.29, 0.717) is 12.5 Å². The highest BCUT2D eigenvalue weighted by Crippen LogP contribution is 2.43. The van der Waals surface area contributed by atoms with Crippen molar-refractivity contribution >= 4 is 53.5 Å². The zero-order valence-corrected chi connectivity index (χ0v) is 21.5. The Morgan fingerprint density at radius 3 is 2.41 bits per heavy atom. The van der Waals surface area contributed by atoms with Crippen LogP contribution in [0.25, 0.3) is 0 Å². The molecule has 0 bridgehead atoms. The van der Waals surface area contributed by atoms with Crippen LogP contribution in [0.5, 0.6) is 0 Å². The van der Waals surface area contributed by atoms with E-state index in [2.05, 4.69) is 89.8 Å². The Morgan fingerprint density at radius 1 is 1.14 bits per heavy atom. The number of likely N-dealkylation sites (tertiary alicyclic amines) is 1. The smallest absolute Gasteiger partial charge is 0.113 e. The molecular formula is C22H26Br3N3O. The second kappa shape index (κ2) is 8.85. The van der Waals surface area contributed by atoms with Crippen molar-refractivity contribution in [1.82, 2.24) is 9.80 Å². The second-order valence-electron chi connectivity index (χ2n) is 8.18. The number of piperidine rings is 1. The minimum atomic E-state index is 0.205. The van der Waals surface area contributed by atoms with Crippen molar-refractivity contribution in [3.05, 3.63) is 54.3 Å². The zero-order chi connectivity index (χ0) is 20.7. The van der Waals surface area contributed by atoms with E-state index in [1.54, 1.807) is 0 Å². The van der Waals surface area contributed by atoms with Crippen LogP contribution in [-0.2, 0) is 0 Å². The quantitative estimate of drug-likeness (QED) is 0.494. The minimum Gasteiger partial charge on any atom is -0.396 e. The number of fused-ring (bicyclic) bond motifs is 1. The molecule has 1 atom stereocenters. The summed E-state index contributed by atoms with van der Waals surface area (Å²) in [7, 11) is 2.20. The summed E-state index contributed by atoms with van der Waals surface area (Å²) in [5.41, 5.74) is 4.77. The zero-order valence-electron chi connectivity index (χ0n) is 16.8. The van der Waals surface area contributed by atoms with Crippen LogP contribution in [0.2, 0.25) is 0 Å². The first kappa shape index (κ1) is 21.6. The standard InChI is InChI=1S/C22H26Br3N3O/c1-13-9-16-21(26-13)17(20-18(24)10-15(23)11-19(20)25)12-27(2)22(16)28-6-3-14(4-7-28)5-8-29/h9-11,14,17,29H,3-8,12H2,1-2H3. The number of hydrogen-bond acceptors (Lipinski definition) is 4. The summed E-state index contributed by atoms with van der Waals surface area (Å²) in [6.45, 7) is 5.38. The number of aliphatic hydroxyl groups excluding tert-OH is 1. The number of rotatable bonds is 4. The van der Waals surface area contributed by atoms with Crippen molar-refractivity contribution in [3.63, 3.8) is 0 Å². The highest BCUT2D eigenvalue weighted by molar-refractivity contribution is 9.11. The number of aliphatic imine (C=N–C) groups is 1. The van der Waals surface area contributed by atoms with Gasteiger partial charge in [-0.15, -0.1) is 0 Å². The van der Waals surface area contributed by atoms with Crippen LogP contribution in [-0.4, -0.2) is 53.9 Å². The Morgan fingerprint density at radius 2 is 1.79 bits per heavy atom. The number of benzene rings is 1. The molecule has 0 saturated carbocycles. The van der Waals surface area contributed by atoms with Crippen molar-refractivity contribution in [2.45, 2.75) is 32.1 Å². The maximum atomic E-state index is 9.26. The van der Waals surface area contributed by atoms with Crippen LogP contribution < -0.4 is 0 Å². The number of allylic oxidation sites excluding steroid dienone is 3. The minimum absolute atomic E-state index is 0.205. The molecule has 29 heavy (non-hydrogen) atoms. The SMILES string of the molecule is CC1=CC2=C(N3CCC(CCO)CC3)N(C)CC(c3c(Br)cc(Br)cc3Br)C2=N1. The first-order valence-electron chi connectivity index (χ1n) is 10.1. The molecule has 1 fully saturated rings. The topological polar surface area (TPSA) is 39.1 Å². The van der Waals surface area contributed by atoms with E-state index in [0.717, 1.165) is 58.0 Å². The maximum Gasteiger partial charge on any atom is 0.113 e. The lowest BCUT2D eigenvalue weighted by Crippen LogP contribution is -2.45. The summed E-state index contributed by atoms with van der Waals surface area (Å²) in [4.78, 5) is 9.90. The van der Waals surface area contributed by atoms with Gasteiger partial charge in [0, 0.05) is 63.9 Å². The second-order valence-corrected chi connectivity index (χ2v) is 10.8. The lowest BCUT2D eigenvalue weighted by molar-refractivity contribution is 0.149. The molecule has 0 aliphatic carbocycles. The molecule has 3 aliphatic heterocycles. The summed E-state index contributed by atoms with van der Waals surface area (Å²) in [5, 5.41) is 9.26. The first-order valence-corrected chi connectivity index (χ1v) is 12.5. The fraction of sp³-hybridized carbons (Fsp3) is 0.500. The summed E-state index contributed by atoms with van der Waals surface area (Å²) in [5.74, 6) is 2.16. The summed E-state index contributed by atoms with van der Waals surface area (Å²) < 4.78 is 3.24. The van der Waals surface area contributed by atoms with Gasteiger partial charge in [-0.05, 0) is 55.9 Å². The molecule has 0 aromatic heterocycles. The van der Waals surface area contributed by atoms with E-state index in [-0.39, 0.29) is 5.92 Å². The predicted molar refractivity (Wildman–Crippen MR) is 129 cm³/mol. The van der Waals surface area contributed by atoms with E-state index in [1.807, 2.05) is 0 Å². The van der Waals surface area contributed by atoms with E-state index in [9.17, 15) is 5.11 Å². The molecule has 4 rings (SSSR count). The summed E-state index contributed by atoms with van der Waals surface area (Å²) in [6, 6.07) is 4.22. The van der Waals surface area contributed by atoms with E-state index < -0.39 is 0 Å². The molecule has 0 spiro atoms. The molecular weight excluding hydrogens is 562 g/mol. The Balaban J connectivity index is 1.69. The number of hydrogen-bond donors (Lipinski definition) is 1. The van der Waals surface area contributed by atoms with E-state index in [1.165, 1.54) is 22.7 Å². The normalized spacial score (nSPS) is 22.8. The van der Waals surface area contributed by atoms with Gasteiger partial charge in [0.2, 0.25) is 0 Å². The lowest BCUT2D eigenvalue weighted by Gasteiger charge is -2.43. The van der Waals surface area contributed by atoms with Gasteiger partial charge in [-0.1, -0.05) is 47.8 Å². The lowest BCUT2D eigenvalue weighted by atomic mass is 9.86. The van der Waals surface area contributed by atoms with Gasteiger partial charge < -0.3 is 14.9 Å². The van der Waals surface area contributed by atoms with Crippen molar-refractivity contribution in [1.29, 1.82) is 0 Å². The molecule has 1 aromatic carbocycles. The van der Waals surface area contributed by atoms with E-state index in [4.69, 9.17) is 4.99 Å². The third kappa shape index (κ3) is 4.25. The summed E-state index contributed by atoms with van der Waals surface area (Å²) in [6.07, 6.45) is 5.46. The molecule has 3 aliphatic rings. The predicted octanol–water partition coefficient (Wildman–Crippen LogP) is 5.67. The van der Waals surface area contributed by atoms with Crippen molar-refractivity contribution < 1.29 is 5.11 Å². The molecule has 1 N–H and O–H groups in total. The highest BCUT2D eigenvalue weighted by Gasteiger charge is 2.38. The Hall–Kier alpha value is -0.630. The highest BCUT2D eigenvalue weighted by atomic mass is 79.9. The van der Waals surface area contributed by atoms with Gasteiger partial charge in [0.15, 0.2) is 0 Å². The first-order chi connectivity index (χ1) is 13.9. The molecule has 1 aromatic rings. The molecule has 7 heteroatoms. The molecule has 1 unspecified atom stereocenters. The van der Waals surface area contributed by atoms with Gasteiger partial charge >= 0.3 is 0 Å². The molecule has 3 heterocycles. The third-order valence-electron chi connectivity index (χ3n) is 6.16. The van der Waals surface area contributed by atoms with Gasteiger partial charge in [0.1, 0.15) is 5.82 Å². The molecule has 4 nitrogen and oxygen atoms in total. The number of aliphatic hydroxyl groups is 1. The molecule has 0 amide bonds. The van der Waals surface area contributed by atoms with Gasteiger partial charge in [-0.3, -0.25) is 4.99 Å². The van der Waals surface area contributed by atoms with Crippen LogP contribution >= 0.6 is 47.8 Å². The fourth-order valence-corrected chi connectivity index (χ4v) is 7.62. The average molecular weight is 588 g/mol.